The van der Waals surface area contributed by atoms with Crippen LogP contribution in [0.3, 0.4) is 0 Å². The van der Waals surface area contributed by atoms with Crippen LogP contribution in [0.5, 0.6) is 0 Å². The highest BCUT2D eigenvalue weighted by Crippen LogP contribution is 2.13. The molecule has 0 saturated heterocycles. The fourth-order valence-corrected chi connectivity index (χ4v) is 4.31. The third-order valence-electron chi connectivity index (χ3n) is 4.35. The fraction of sp³-hybridized carbons (Fsp3) is 0.0909. The normalized spacial score (nSPS) is 11.9. The molecule has 0 unspecified atom stereocenters. The van der Waals surface area contributed by atoms with Gasteiger partial charge in [0.1, 0.15) is 6.04 Å². The van der Waals surface area contributed by atoms with Crippen molar-refractivity contribution in [1.29, 1.82) is 0 Å². The molecule has 4 N–H and O–H groups in total. The summed E-state index contributed by atoms with van der Waals surface area (Å²) in [5.41, 5.74) is 6.52. The smallest absolute Gasteiger partial charge is 0.256 e. The van der Waals surface area contributed by atoms with Crippen LogP contribution < -0.4 is 20.9 Å². The summed E-state index contributed by atoms with van der Waals surface area (Å²) < 4.78 is 28.0. The van der Waals surface area contributed by atoms with Crippen molar-refractivity contribution in [3.8, 4) is 0 Å². The molecule has 0 aliphatic carbocycles. The molecule has 0 fully saturated rings. The molecule has 0 bridgehead atoms. The van der Waals surface area contributed by atoms with Crippen LogP contribution in [0, 0.1) is 0 Å². The number of carbonyl (C=O) groups is 1. The van der Waals surface area contributed by atoms with Crippen LogP contribution in [0.25, 0.3) is 0 Å². The molecule has 0 aliphatic rings. The Kier molecular flexibility index (Phi) is 8.18. The Morgan fingerprint density at radius 2 is 1.47 bits per heavy atom. The highest BCUT2D eigenvalue weighted by molar-refractivity contribution is 7.89. The maximum atomic E-state index is 12.9. The summed E-state index contributed by atoms with van der Waals surface area (Å²) in [4.78, 5) is 12.9. The number of halogens is 1. The van der Waals surface area contributed by atoms with Crippen molar-refractivity contribution in [2.75, 3.05) is 5.32 Å². The van der Waals surface area contributed by atoms with Crippen LogP contribution in [0.15, 0.2) is 89.8 Å². The molecule has 3 aromatic rings. The molecule has 166 valence electrons. The molecule has 32 heavy (non-hydrogen) atoms. The summed E-state index contributed by atoms with van der Waals surface area (Å²) >= 11 is 11.0. The molecule has 1 atom stereocenters. The van der Waals surface area contributed by atoms with Gasteiger partial charge in [-0.3, -0.25) is 15.6 Å². The minimum Gasteiger partial charge on any atom is -0.331 e. The predicted octanol–water partition coefficient (Wildman–Crippen LogP) is 3.25. The Balaban J connectivity index is 1.68. The van der Waals surface area contributed by atoms with Gasteiger partial charge in [0.15, 0.2) is 5.11 Å². The van der Waals surface area contributed by atoms with Gasteiger partial charge < -0.3 is 5.32 Å². The van der Waals surface area contributed by atoms with Crippen LogP contribution >= 0.6 is 23.8 Å². The molecule has 10 heteroatoms. The lowest BCUT2D eigenvalue weighted by Gasteiger charge is -2.20. The summed E-state index contributed by atoms with van der Waals surface area (Å²) in [5, 5.41) is 3.61. The van der Waals surface area contributed by atoms with Gasteiger partial charge in [0.05, 0.1) is 4.90 Å². The molecule has 0 heterocycles. The molecule has 0 radical (unpaired) electrons. The van der Waals surface area contributed by atoms with Gasteiger partial charge in [0.25, 0.3) is 5.91 Å². The van der Waals surface area contributed by atoms with Crippen LogP contribution in [0.4, 0.5) is 5.69 Å². The third kappa shape index (κ3) is 7.03. The predicted molar refractivity (Wildman–Crippen MR) is 130 cm³/mol. The number of benzene rings is 3. The number of hydrogen-bond donors (Lipinski definition) is 4. The van der Waals surface area contributed by atoms with Gasteiger partial charge in [-0.05, 0) is 60.6 Å². The number of thiocarbonyl (C=S) groups is 1. The van der Waals surface area contributed by atoms with Crippen molar-refractivity contribution in [3.63, 3.8) is 0 Å². The molecule has 0 aliphatic heterocycles. The fourth-order valence-electron chi connectivity index (χ4n) is 2.79. The van der Waals surface area contributed by atoms with E-state index in [1.807, 2.05) is 30.3 Å². The summed E-state index contributed by atoms with van der Waals surface area (Å²) in [7, 11) is -3.92. The molecule has 3 aromatic carbocycles. The van der Waals surface area contributed by atoms with Gasteiger partial charge >= 0.3 is 0 Å². The summed E-state index contributed by atoms with van der Waals surface area (Å²) in [6.45, 7) is 0. The van der Waals surface area contributed by atoms with Crippen molar-refractivity contribution < 1.29 is 13.2 Å². The van der Waals surface area contributed by atoms with Crippen LogP contribution in [-0.2, 0) is 21.2 Å². The quantitative estimate of drug-likeness (QED) is 0.301. The molecule has 0 spiro atoms. The average Bonchev–Trinajstić information content (AvgIpc) is 2.80. The van der Waals surface area contributed by atoms with E-state index in [4.69, 9.17) is 23.8 Å². The molecule has 0 saturated carbocycles. The van der Waals surface area contributed by atoms with Crippen molar-refractivity contribution in [2.24, 2.45) is 0 Å². The molecule has 3 rings (SSSR count). The van der Waals surface area contributed by atoms with E-state index >= 15 is 0 Å². The van der Waals surface area contributed by atoms with Gasteiger partial charge in [-0.1, -0.05) is 60.1 Å². The molecule has 7 nitrogen and oxygen atoms in total. The molecular weight excluding hydrogens is 468 g/mol. The zero-order valence-electron chi connectivity index (χ0n) is 16.8. The van der Waals surface area contributed by atoms with Gasteiger partial charge in [0.2, 0.25) is 10.0 Å². The van der Waals surface area contributed by atoms with E-state index in [1.165, 1.54) is 12.1 Å². The number of anilines is 1. The molecule has 0 aromatic heterocycles. The summed E-state index contributed by atoms with van der Waals surface area (Å²) in [5.74, 6) is -0.589. The Hall–Kier alpha value is -2.98. The summed E-state index contributed by atoms with van der Waals surface area (Å²) in [6, 6.07) is 22.7. The van der Waals surface area contributed by atoms with Gasteiger partial charge in [-0.15, -0.1) is 0 Å². The van der Waals surface area contributed by atoms with Crippen LogP contribution in [-0.4, -0.2) is 25.5 Å². The first-order chi connectivity index (χ1) is 15.3. The lowest BCUT2D eigenvalue weighted by Crippen LogP contribution is -2.53. The van der Waals surface area contributed by atoms with Crippen molar-refractivity contribution >= 4 is 50.5 Å². The Morgan fingerprint density at radius 3 is 2.09 bits per heavy atom. The van der Waals surface area contributed by atoms with E-state index in [-0.39, 0.29) is 16.4 Å². The monoisotopic (exact) mass is 488 g/mol. The first-order valence-electron chi connectivity index (χ1n) is 9.57. The zero-order chi connectivity index (χ0) is 23.0. The highest BCUT2D eigenvalue weighted by atomic mass is 35.5. The topological polar surface area (TPSA) is 99.3 Å². The standard InChI is InChI=1S/C22H21ClN4O3S2/c23-17-11-13-18(14-12-17)24-22(31)26-25-21(28)20(15-16-7-3-1-4-8-16)27-32(29,30)19-9-5-2-6-10-19/h1-14,20,27H,15H2,(H,25,28)(H2,24,26,31)/t20-/m0/s1. The number of rotatable bonds is 7. The maximum Gasteiger partial charge on any atom is 0.256 e. The van der Waals surface area contributed by atoms with Crippen LogP contribution in [0.2, 0.25) is 5.02 Å². The number of sulfonamides is 1. The highest BCUT2D eigenvalue weighted by Gasteiger charge is 2.26. The molecular formula is C22H21ClN4O3S2. The van der Waals surface area contributed by atoms with E-state index in [0.717, 1.165) is 5.56 Å². The number of hydrogen-bond acceptors (Lipinski definition) is 4. The average molecular weight is 489 g/mol. The van der Waals surface area contributed by atoms with Gasteiger partial charge in [-0.25, -0.2) is 8.42 Å². The number of amides is 1. The second-order valence-corrected chi connectivity index (χ2v) is 9.31. The summed E-state index contributed by atoms with van der Waals surface area (Å²) in [6.07, 6.45) is 0.151. The van der Waals surface area contributed by atoms with E-state index in [9.17, 15) is 13.2 Å². The Morgan fingerprint density at radius 1 is 0.875 bits per heavy atom. The third-order valence-corrected chi connectivity index (χ3v) is 6.30. The lowest BCUT2D eigenvalue weighted by atomic mass is 10.1. The van der Waals surface area contributed by atoms with E-state index in [2.05, 4.69) is 20.9 Å². The van der Waals surface area contributed by atoms with Gasteiger partial charge in [-0.2, -0.15) is 4.72 Å². The van der Waals surface area contributed by atoms with E-state index < -0.39 is 22.0 Å². The SMILES string of the molecule is O=C(NNC(=S)Nc1ccc(Cl)cc1)[C@H](Cc1ccccc1)NS(=O)(=O)c1ccccc1. The minimum absolute atomic E-state index is 0.0683. The first-order valence-corrected chi connectivity index (χ1v) is 11.8. The van der Waals surface area contributed by atoms with Gasteiger partial charge in [0, 0.05) is 10.7 Å². The molecule has 1 amide bonds. The Bertz CT molecular complexity index is 1160. The second kappa shape index (κ2) is 11.1. The maximum absolute atomic E-state index is 12.9. The minimum atomic E-state index is -3.92. The first kappa shape index (κ1) is 23.7. The van der Waals surface area contributed by atoms with Crippen molar-refractivity contribution in [1.82, 2.24) is 15.6 Å². The largest absolute Gasteiger partial charge is 0.331 e. The van der Waals surface area contributed by atoms with Crippen LogP contribution in [0.1, 0.15) is 5.56 Å². The Labute approximate surface area is 197 Å². The van der Waals surface area contributed by atoms with Crippen molar-refractivity contribution in [3.05, 3.63) is 95.5 Å². The zero-order valence-corrected chi connectivity index (χ0v) is 19.2. The number of carbonyl (C=O) groups excluding carboxylic acids is 1. The number of hydrazine groups is 1. The lowest BCUT2D eigenvalue weighted by molar-refractivity contribution is -0.123. The van der Waals surface area contributed by atoms with Crippen molar-refractivity contribution in [2.45, 2.75) is 17.4 Å². The van der Waals surface area contributed by atoms with E-state index in [0.29, 0.717) is 10.7 Å². The van der Waals surface area contributed by atoms with E-state index in [1.54, 1.807) is 42.5 Å². The second-order valence-electron chi connectivity index (χ2n) is 6.75. The number of nitrogens with one attached hydrogen (secondary N) is 4.